The molecule has 3 N–H and O–H groups in total. The molecule has 4 nitrogen and oxygen atoms in total. The van der Waals surface area contributed by atoms with E-state index in [1.54, 1.807) is 24.3 Å². The number of carbonyl (C=O) groups is 1. The summed E-state index contributed by atoms with van der Waals surface area (Å²) in [6.45, 7) is 0.177. The zero-order chi connectivity index (χ0) is 15.2. The molecule has 0 heterocycles. The van der Waals surface area contributed by atoms with E-state index in [2.05, 4.69) is 5.32 Å². The van der Waals surface area contributed by atoms with Crippen LogP contribution in [-0.2, 0) is 4.79 Å². The third kappa shape index (κ3) is 4.36. The quantitative estimate of drug-likeness (QED) is 0.831. The maximum atomic E-state index is 12.9. The molecule has 1 amide bonds. The monoisotopic (exact) mass is 308 g/mol. The summed E-state index contributed by atoms with van der Waals surface area (Å²) < 4.78 is 18.3. The van der Waals surface area contributed by atoms with Crippen LogP contribution in [0.25, 0.3) is 0 Å². The standard InChI is InChI=1S/C15H14ClFN2O2/c16-11-3-1-2-4-14(11)21-8-7-15(20)19-13-6-5-10(17)9-12(13)18/h1-6,9H,7-8,18H2,(H,19,20). The molecule has 0 aliphatic rings. The molecule has 110 valence electrons. The number of hydrogen-bond donors (Lipinski definition) is 2. The second-order valence-electron chi connectivity index (χ2n) is 4.31. The van der Waals surface area contributed by atoms with Crippen molar-refractivity contribution < 1.29 is 13.9 Å². The van der Waals surface area contributed by atoms with Crippen LogP contribution in [0, 0.1) is 5.82 Å². The normalized spacial score (nSPS) is 10.2. The fourth-order valence-corrected chi connectivity index (χ4v) is 1.87. The van der Waals surface area contributed by atoms with Gasteiger partial charge in [-0.05, 0) is 30.3 Å². The van der Waals surface area contributed by atoms with Crippen LogP contribution in [0.4, 0.5) is 15.8 Å². The number of amides is 1. The molecule has 0 unspecified atom stereocenters. The Hall–Kier alpha value is -2.27. The minimum Gasteiger partial charge on any atom is -0.491 e. The van der Waals surface area contributed by atoms with E-state index in [-0.39, 0.29) is 24.6 Å². The highest BCUT2D eigenvalue weighted by Gasteiger charge is 2.07. The average molecular weight is 309 g/mol. The van der Waals surface area contributed by atoms with Crippen LogP contribution in [0.5, 0.6) is 5.75 Å². The molecular weight excluding hydrogens is 295 g/mol. The van der Waals surface area contributed by atoms with Gasteiger partial charge in [0.25, 0.3) is 0 Å². The summed E-state index contributed by atoms with van der Waals surface area (Å²) in [7, 11) is 0. The second-order valence-corrected chi connectivity index (χ2v) is 4.72. The van der Waals surface area contributed by atoms with Gasteiger partial charge >= 0.3 is 0 Å². The summed E-state index contributed by atoms with van der Waals surface area (Å²) >= 11 is 5.93. The minimum absolute atomic E-state index is 0.127. The van der Waals surface area contributed by atoms with Crippen LogP contribution in [0.15, 0.2) is 42.5 Å². The van der Waals surface area contributed by atoms with E-state index in [0.29, 0.717) is 16.5 Å². The number of hydrogen-bond acceptors (Lipinski definition) is 3. The van der Waals surface area contributed by atoms with Crippen molar-refractivity contribution in [1.29, 1.82) is 0 Å². The van der Waals surface area contributed by atoms with E-state index in [1.165, 1.54) is 12.1 Å². The van der Waals surface area contributed by atoms with Gasteiger partial charge in [0.2, 0.25) is 5.91 Å². The third-order valence-electron chi connectivity index (χ3n) is 2.71. The Bertz CT molecular complexity index is 649. The predicted octanol–water partition coefficient (Wildman–Crippen LogP) is 3.47. The van der Waals surface area contributed by atoms with Gasteiger partial charge < -0.3 is 15.8 Å². The molecule has 0 radical (unpaired) electrons. The van der Waals surface area contributed by atoms with Crippen molar-refractivity contribution in [2.45, 2.75) is 6.42 Å². The summed E-state index contributed by atoms with van der Waals surface area (Å²) in [5.41, 5.74) is 6.16. The Kier molecular flexibility index (Phi) is 5.00. The van der Waals surface area contributed by atoms with Gasteiger partial charge in [-0.15, -0.1) is 0 Å². The molecular formula is C15H14ClFN2O2. The Morgan fingerprint density at radius 2 is 2.05 bits per heavy atom. The fraction of sp³-hybridized carbons (Fsp3) is 0.133. The number of halogens is 2. The van der Waals surface area contributed by atoms with Gasteiger partial charge in [-0.3, -0.25) is 4.79 Å². The zero-order valence-electron chi connectivity index (χ0n) is 11.1. The summed E-state index contributed by atoms with van der Waals surface area (Å²) in [4.78, 5) is 11.8. The van der Waals surface area contributed by atoms with E-state index >= 15 is 0 Å². The molecule has 2 aromatic carbocycles. The van der Waals surface area contributed by atoms with Gasteiger partial charge in [0.15, 0.2) is 0 Å². The van der Waals surface area contributed by atoms with Crippen LogP contribution < -0.4 is 15.8 Å². The highest BCUT2D eigenvalue weighted by Crippen LogP contribution is 2.23. The van der Waals surface area contributed by atoms with Crippen molar-refractivity contribution in [3.8, 4) is 5.75 Å². The van der Waals surface area contributed by atoms with Crippen molar-refractivity contribution in [2.75, 3.05) is 17.7 Å². The lowest BCUT2D eigenvalue weighted by Crippen LogP contribution is -2.16. The first-order valence-corrected chi connectivity index (χ1v) is 6.66. The smallest absolute Gasteiger partial charge is 0.227 e. The molecule has 2 rings (SSSR count). The van der Waals surface area contributed by atoms with E-state index in [0.717, 1.165) is 6.07 Å². The molecule has 0 saturated carbocycles. The SMILES string of the molecule is Nc1cc(F)ccc1NC(=O)CCOc1ccccc1Cl. The molecule has 0 atom stereocenters. The third-order valence-corrected chi connectivity index (χ3v) is 3.02. The highest BCUT2D eigenvalue weighted by molar-refractivity contribution is 6.32. The van der Waals surface area contributed by atoms with Crippen LogP contribution in [-0.4, -0.2) is 12.5 Å². The molecule has 2 aromatic rings. The molecule has 0 aliphatic carbocycles. The van der Waals surface area contributed by atoms with Crippen molar-refractivity contribution >= 4 is 28.9 Å². The van der Waals surface area contributed by atoms with Crippen molar-refractivity contribution in [2.24, 2.45) is 0 Å². The van der Waals surface area contributed by atoms with Gasteiger partial charge in [0.05, 0.1) is 29.4 Å². The Labute approximate surface area is 126 Å². The molecule has 0 aromatic heterocycles. The molecule has 0 bridgehead atoms. The molecule has 6 heteroatoms. The second kappa shape index (κ2) is 6.95. The average Bonchev–Trinajstić information content (AvgIpc) is 2.44. The van der Waals surface area contributed by atoms with E-state index < -0.39 is 5.82 Å². The van der Waals surface area contributed by atoms with E-state index in [1.807, 2.05) is 0 Å². The van der Waals surface area contributed by atoms with Crippen LogP contribution >= 0.6 is 11.6 Å². The van der Waals surface area contributed by atoms with Gasteiger partial charge in [-0.1, -0.05) is 23.7 Å². The molecule has 0 fully saturated rings. The number of nitrogen functional groups attached to an aromatic ring is 1. The zero-order valence-corrected chi connectivity index (χ0v) is 11.9. The van der Waals surface area contributed by atoms with Gasteiger partial charge in [-0.2, -0.15) is 0 Å². The highest BCUT2D eigenvalue weighted by atomic mass is 35.5. The van der Waals surface area contributed by atoms with Crippen molar-refractivity contribution in [3.05, 3.63) is 53.3 Å². The Morgan fingerprint density at radius 1 is 1.29 bits per heavy atom. The lowest BCUT2D eigenvalue weighted by molar-refractivity contribution is -0.116. The van der Waals surface area contributed by atoms with E-state index in [4.69, 9.17) is 22.1 Å². The number of benzene rings is 2. The number of nitrogens with two attached hydrogens (primary N) is 1. The molecule has 0 aliphatic heterocycles. The first kappa shape index (κ1) is 15.1. The number of para-hydroxylation sites is 1. The maximum absolute atomic E-state index is 12.9. The number of rotatable bonds is 5. The number of carbonyl (C=O) groups excluding carboxylic acids is 1. The van der Waals surface area contributed by atoms with Crippen LogP contribution in [0.1, 0.15) is 6.42 Å². The maximum Gasteiger partial charge on any atom is 0.227 e. The van der Waals surface area contributed by atoms with Crippen molar-refractivity contribution in [1.82, 2.24) is 0 Å². The van der Waals surface area contributed by atoms with Gasteiger partial charge in [0, 0.05) is 0 Å². The Morgan fingerprint density at radius 3 is 2.76 bits per heavy atom. The summed E-state index contributed by atoms with van der Waals surface area (Å²) in [5, 5.41) is 3.08. The largest absolute Gasteiger partial charge is 0.491 e. The number of nitrogens with one attached hydrogen (secondary N) is 1. The molecule has 0 saturated heterocycles. The summed E-state index contributed by atoms with van der Waals surface area (Å²) in [5.74, 6) is -0.207. The Balaban J connectivity index is 1.84. The first-order valence-electron chi connectivity index (χ1n) is 6.28. The van der Waals surface area contributed by atoms with E-state index in [9.17, 15) is 9.18 Å². The molecule has 0 spiro atoms. The topological polar surface area (TPSA) is 64.3 Å². The van der Waals surface area contributed by atoms with Crippen LogP contribution in [0.3, 0.4) is 0 Å². The van der Waals surface area contributed by atoms with Crippen LogP contribution in [0.2, 0.25) is 5.02 Å². The lowest BCUT2D eigenvalue weighted by atomic mass is 10.2. The van der Waals surface area contributed by atoms with Crippen molar-refractivity contribution in [3.63, 3.8) is 0 Å². The number of ether oxygens (including phenoxy) is 1. The minimum atomic E-state index is -0.451. The summed E-state index contributed by atoms with van der Waals surface area (Å²) in [6.07, 6.45) is 0.127. The van der Waals surface area contributed by atoms with Gasteiger partial charge in [0.1, 0.15) is 11.6 Å². The fourth-order valence-electron chi connectivity index (χ4n) is 1.68. The van der Waals surface area contributed by atoms with Gasteiger partial charge in [-0.25, -0.2) is 4.39 Å². The predicted molar refractivity (Wildman–Crippen MR) is 81.0 cm³/mol. The summed E-state index contributed by atoms with van der Waals surface area (Å²) in [6, 6.07) is 10.8. The first-order chi connectivity index (χ1) is 10.1. The number of anilines is 2. The lowest BCUT2D eigenvalue weighted by Gasteiger charge is -2.09. The molecule has 21 heavy (non-hydrogen) atoms.